The Kier molecular flexibility index (Phi) is 5.39. The fourth-order valence-corrected chi connectivity index (χ4v) is 1.77. The zero-order valence-corrected chi connectivity index (χ0v) is 12.0. The molecule has 0 unspecified atom stereocenters. The summed E-state index contributed by atoms with van der Waals surface area (Å²) < 4.78 is 10.3. The molecule has 1 aromatic carbocycles. The normalized spacial score (nSPS) is 10.7. The number of benzene rings is 1. The lowest BCUT2D eigenvalue weighted by molar-refractivity contribution is -0.137. The van der Waals surface area contributed by atoms with Crippen molar-refractivity contribution in [3.63, 3.8) is 0 Å². The van der Waals surface area contributed by atoms with Crippen LogP contribution < -0.4 is 4.74 Å². The Morgan fingerprint density at radius 2 is 2.26 bits per heavy atom. The summed E-state index contributed by atoms with van der Waals surface area (Å²) in [4.78, 5) is 11.5. The van der Waals surface area contributed by atoms with Crippen molar-refractivity contribution >= 4 is 28.0 Å². The minimum Gasteiger partial charge on any atom is -0.504 e. The molecule has 0 bridgehead atoms. The van der Waals surface area contributed by atoms with Gasteiger partial charge >= 0.3 is 5.97 Å². The number of methoxy groups -OCH3 is 1. The SMILES string of the molecule is CCOC(=O)/C(C#N)=C/c1cc(O)c(OC)cc1Br. The van der Waals surface area contributed by atoms with Crippen molar-refractivity contribution in [3.05, 3.63) is 27.7 Å². The van der Waals surface area contributed by atoms with Crippen LogP contribution in [0.1, 0.15) is 12.5 Å². The largest absolute Gasteiger partial charge is 0.504 e. The minimum atomic E-state index is -0.702. The molecule has 0 spiro atoms. The zero-order valence-electron chi connectivity index (χ0n) is 10.4. The molecule has 1 aromatic rings. The van der Waals surface area contributed by atoms with Crippen LogP contribution in [-0.4, -0.2) is 24.8 Å². The Labute approximate surface area is 119 Å². The number of carbonyl (C=O) groups is 1. The molecule has 0 heterocycles. The van der Waals surface area contributed by atoms with Gasteiger partial charge in [-0.1, -0.05) is 15.9 Å². The lowest BCUT2D eigenvalue weighted by Crippen LogP contribution is -2.06. The standard InChI is InChI=1S/C13H12BrNO4/c1-3-19-13(17)9(7-15)4-8-5-11(16)12(18-2)6-10(8)14/h4-6,16H,3H2,1-2H3/b9-4+. The van der Waals surface area contributed by atoms with Gasteiger partial charge in [0, 0.05) is 4.47 Å². The quantitative estimate of drug-likeness (QED) is 0.523. The first-order valence-electron chi connectivity index (χ1n) is 5.38. The van der Waals surface area contributed by atoms with E-state index in [9.17, 15) is 9.90 Å². The molecule has 0 saturated carbocycles. The summed E-state index contributed by atoms with van der Waals surface area (Å²) >= 11 is 3.27. The van der Waals surface area contributed by atoms with Crippen LogP contribution in [0.2, 0.25) is 0 Å². The van der Waals surface area contributed by atoms with Gasteiger partial charge in [-0.05, 0) is 30.7 Å². The summed E-state index contributed by atoms with van der Waals surface area (Å²) in [7, 11) is 1.43. The van der Waals surface area contributed by atoms with Crippen molar-refractivity contribution in [2.75, 3.05) is 13.7 Å². The first kappa shape index (κ1) is 15.1. The van der Waals surface area contributed by atoms with Gasteiger partial charge in [0.2, 0.25) is 0 Å². The second-order valence-electron chi connectivity index (χ2n) is 3.44. The Morgan fingerprint density at radius 1 is 1.58 bits per heavy atom. The lowest BCUT2D eigenvalue weighted by atomic mass is 10.1. The van der Waals surface area contributed by atoms with Gasteiger partial charge in [-0.3, -0.25) is 0 Å². The summed E-state index contributed by atoms with van der Waals surface area (Å²) in [6.45, 7) is 1.84. The van der Waals surface area contributed by atoms with E-state index in [-0.39, 0.29) is 17.9 Å². The van der Waals surface area contributed by atoms with E-state index in [2.05, 4.69) is 15.9 Å². The van der Waals surface area contributed by atoms with Gasteiger partial charge in [0.15, 0.2) is 11.5 Å². The molecular formula is C13H12BrNO4. The van der Waals surface area contributed by atoms with Crippen LogP contribution in [-0.2, 0) is 9.53 Å². The van der Waals surface area contributed by atoms with Crippen molar-refractivity contribution in [2.45, 2.75) is 6.92 Å². The number of hydrogen-bond donors (Lipinski definition) is 1. The number of aromatic hydroxyl groups is 1. The Bertz CT molecular complexity index is 560. The van der Waals surface area contributed by atoms with E-state index in [1.54, 1.807) is 19.1 Å². The molecule has 0 atom stereocenters. The number of esters is 1. The summed E-state index contributed by atoms with van der Waals surface area (Å²) in [6.07, 6.45) is 1.33. The van der Waals surface area contributed by atoms with Gasteiger partial charge in [-0.15, -0.1) is 0 Å². The fraction of sp³-hybridized carbons (Fsp3) is 0.231. The van der Waals surface area contributed by atoms with Gasteiger partial charge < -0.3 is 14.6 Å². The van der Waals surface area contributed by atoms with E-state index in [1.165, 1.54) is 19.3 Å². The van der Waals surface area contributed by atoms with Crippen LogP contribution in [0.4, 0.5) is 0 Å². The van der Waals surface area contributed by atoms with E-state index >= 15 is 0 Å². The molecule has 0 fully saturated rings. The first-order chi connectivity index (χ1) is 9.03. The predicted octanol–water partition coefficient (Wildman–Crippen LogP) is 2.63. The van der Waals surface area contributed by atoms with E-state index < -0.39 is 5.97 Å². The number of hydrogen-bond acceptors (Lipinski definition) is 5. The number of nitriles is 1. The van der Waals surface area contributed by atoms with Gasteiger partial charge in [0.25, 0.3) is 0 Å². The van der Waals surface area contributed by atoms with Crippen LogP contribution in [0, 0.1) is 11.3 Å². The van der Waals surface area contributed by atoms with Crippen LogP contribution in [0.25, 0.3) is 6.08 Å². The average molecular weight is 326 g/mol. The fourth-order valence-electron chi connectivity index (χ4n) is 1.34. The Hall–Kier alpha value is -2.00. The summed E-state index contributed by atoms with van der Waals surface area (Å²) in [5.41, 5.74) is 0.329. The van der Waals surface area contributed by atoms with Crippen LogP contribution >= 0.6 is 15.9 Å². The minimum absolute atomic E-state index is 0.0851. The molecule has 0 aliphatic rings. The molecule has 0 radical (unpaired) electrons. The average Bonchev–Trinajstić information content (AvgIpc) is 2.39. The third kappa shape index (κ3) is 3.73. The van der Waals surface area contributed by atoms with Crippen molar-refractivity contribution in [3.8, 4) is 17.6 Å². The molecule has 0 aliphatic heterocycles. The number of phenolic OH excluding ortho intramolecular Hbond substituents is 1. The Morgan fingerprint density at radius 3 is 2.79 bits per heavy atom. The molecule has 0 aliphatic carbocycles. The zero-order chi connectivity index (χ0) is 14.4. The number of phenols is 1. The van der Waals surface area contributed by atoms with Crippen molar-refractivity contribution in [1.82, 2.24) is 0 Å². The lowest BCUT2D eigenvalue weighted by Gasteiger charge is -2.07. The smallest absolute Gasteiger partial charge is 0.348 e. The highest BCUT2D eigenvalue weighted by molar-refractivity contribution is 9.10. The van der Waals surface area contributed by atoms with Crippen molar-refractivity contribution < 1.29 is 19.4 Å². The second-order valence-corrected chi connectivity index (χ2v) is 4.29. The molecule has 100 valence electrons. The predicted molar refractivity (Wildman–Crippen MR) is 72.6 cm³/mol. The molecule has 1 rings (SSSR count). The highest BCUT2D eigenvalue weighted by Gasteiger charge is 2.12. The molecular weight excluding hydrogens is 314 g/mol. The van der Waals surface area contributed by atoms with Gasteiger partial charge in [-0.25, -0.2) is 4.79 Å². The molecule has 0 aromatic heterocycles. The maximum atomic E-state index is 11.5. The van der Waals surface area contributed by atoms with Gasteiger partial charge in [0.05, 0.1) is 13.7 Å². The van der Waals surface area contributed by atoms with Gasteiger partial charge in [0.1, 0.15) is 11.6 Å². The molecule has 5 nitrogen and oxygen atoms in total. The molecule has 6 heteroatoms. The summed E-state index contributed by atoms with van der Waals surface area (Å²) in [5, 5.41) is 18.6. The van der Waals surface area contributed by atoms with Gasteiger partial charge in [-0.2, -0.15) is 5.26 Å². The van der Waals surface area contributed by atoms with Crippen molar-refractivity contribution in [2.24, 2.45) is 0 Å². The molecule has 19 heavy (non-hydrogen) atoms. The van der Waals surface area contributed by atoms with E-state index in [0.29, 0.717) is 15.8 Å². The maximum Gasteiger partial charge on any atom is 0.348 e. The van der Waals surface area contributed by atoms with Crippen LogP contribution in [0.5, 0.6) is 11.5 Å². The van der Waals surface area contributed by atoms with Crippen LogP contribution in [0.15, 0.2) is 22.2 Å². The monoisotopic (exact) mass is 325 g/mol. The number of carbonyl (C=O) groups excluding carboxylic acids is 1. The molecule has 0 amide bonds. The number of ether oxygens (including phenoxy) is 2. The third-order valence-corrected chi connectivity index (χ3v) is 2.90. The molecule has 0 saturated heterocycles. The first-order valence-corrected chi connectivity index (χ1v) is 6.18. The highest BCUT2D eigenvalue weighted by Crippen LogP contribution is 2.33. The number of rotatable bonds is 4. The number of halogens is 1. The van der Waals surface area contributed by atoms with Crippen LogP contribution in [0.3, 0.4) is 0 Å². The van der Waals surface area contributed by atoms with Crippen molar-refractivity contribution in [1.29, 1.82) is 5.26 Å². The number of nitrogens with zero attached hydrogens (tertiary/aromatic N) is 1. The summed E-state index contributed by atoms with van der Waals surface area (Å²) in [5.74, 6) is -0.496. The highest BCUT2D eigenvalue weighted by atomic mass is 79.9. The topological polar surface area (TPSA) is 79.6 Å². The van der Waals surface area contributed by atoms with E-state index in [0.717, 1.165) is 0 Å². The maximum absolute atomic E-state index is 11.5. The van der Waals surface area contributed by atoms with E-state index in [1.807, 2.05) is 0 Å². The Balaban J connectivity index is 3.20. The third-order valence-electron chi connectivity index (χ3n) is 2.21. The van der Waals surface area contributed by atoms with E-state index in [4.69, 9.17) is 14.7 Å². The molecule has 1 N–H and O–H groups in total. The second kappa shape index (κ2) is 6.81. The summed E-state index contributed by atoms with van der Waals surface area (Å²) in [6, 6.07) is 4.69.